The van der Waals surface area contributed by atoms with Crippen LogP contribution in [0.15, 0.2) is 35.4 Å². The van der Waals surface area contributed by atoms with E-state index in [1.807, 2.05) is 11.0 Å². The zero-order valence-electron chi connectivity index (χ0n) is 17.8. The molecule has 2 saturated heterocycles. The maximum absolute atomic E-state index is 13.2. The fraction of sp³-hybridized carbons (Fsp3) is 0.625. The molecule has 2 aromatic rings. The van der Waals surface area contributed by atoms with Crippen molar-refractivity contribution in [2.24, 2.45) is 11.3 Å². The lowest BCUT2D eigenvalue weighted by atomic mass is 9.78. The Morgan fingerprint density at radius 2 is 1.93 bits per heavy atom. The van der Waals surface area contributed by atoms with Gasteiger partial charge in [0.2, 0.25) is 0 Å². The van der Waals surface area contributed by atoms with Crippen LogP contribution in [0.1, 0.15) is 61.7 Å². The predicted molar refractivity (Wildman–Crippen MR) is 117 cm³/mol. The number of fused-ring (bicyclic) bond motifs is 1. The van der Waals surface area contributed by atoms with Gasteiger partial charge in [0.15, 0.2) is 0 Å². The second-order valence-electron chi connectivity index (χ2n) is 9.73. The van der Waals surface area contributed by atoms with Crippen LogP contribution in [0.25, 0.3) is 5.65 Å². The van der Waals surface area contributed by atoms with Crippen LogP contribution in [0.5, 0.6) is 0 Å². The van der Waals surface area contributed by atoms with Crippen LogP contribution in [-0.4, -0.2) is 57.8 Å². The number of likely N-dealkylation sites (tertiary alicyclic amines) is 2. The molecule has 3 aliphatic rings. The Morgan fingerprint density at radius 1 is 1.07 bits per heavy atom. The Morgan fingerprint density at radius 3 is 2.80 bits per heavy atom. The maximum Gasteiger partial charge on any atom is 0.270 e. The van der Waals surface area contributed by atoms with Gasteiger partial charge < -0.3 is 9.80 Å². The SMILES string of the molecule is O=C(c1cnc2ccccn2c1=O)N1CC[C@]2(CCCN(CC3CCCCC3)C2)C1. The van der Waals surface area contributed by atoms with Crippen LogP contribution in [0.2, 0.25) is 0 Å². The van der Waals surface area contributed by atoms with Gasteiger partial charge in [0.25, 0.3) is 11.5 Å². The van der Waals surface area contributed by atoms with Gasteiger partial charge in [-0.05, 0) is 56.7 Å². The van der Waals surface area contributed by atoms with Gasteiger partial charge in [0, 0.05) is 44.0 Å². The molecule has 160 valence electrons. The quantitative estimate of drug-likeness (QED) is 0.783. The number of pyridine rings is 1. The zero-order valence-corrected chi connectivity index (χ0v) is 17.8. The molecular formula is C24H32N4O2. The van der Waals surface area contributed by atoms with Crippen LogP contribution in [0.3, 0.4) is 0 Å². The minimum absolute atomic E-state index is 0.160. The van der Waals surface area contributed by atoms with Gasteiger partial charge in [-0.2, -0.15) is 0 Å². The monoisotopic (exact) mass is 408 g/mol. The van der Waals surface area contributed by atoms with Gasteiger partial charge in [-0.1, -0.05) is 25.3 Å². The second kappa shape index (κ2) is 8.14. The molecule has 3 fully saturated rings. The predicted octanol–water partition coefficient (Wildman–Crippen LogP) is 3.20. The molecule has 0 unspecified atom stereocenters. The van der Waals surface area contributed by atoms with Crippen molar-refractivity contribution in [3.8, 4) is 0 Å². The average molecular weight is 409 g/mol. The highest BCUT2D eigenvalue weighted by molar-refractivity contribution is 5.94. The lowest BCUT2D eigenvalue weighted by molar-refractivity contribution is 0.0629. The first-order chi connectivity index (χ1) is 14.6. The Bertz CT molecular complexity index is 981. The lowest BCUT2D eigenvalue weighted by Gasteiger charge is -2.42. The number of carbonyl (C=O) groups excluding carboxylic acids is 1. The smallest absolute Gasteiger partial charge is 0.270 e. The van der Waals surface area contributed by atoms with E-state index in [9.17, 15) is 9.59 Å². The van der Waals surface area contributed by atoms with Gasteiger partial charge in [-0.15, -0.1) is 0 Å². The van der Waals surface area contributed by atoms with Crippen molar-refractivity contribution in [2.75, 3.05) is 32.7 Å². The van der Waals surface area contributed by atoms with Crippen molar-refractivity contribution in [1.29, 1.82) is 0 Å². The van der Waals surface area contributed by atoms with E-state index in [2.05, 4.69) is 9.88 Å². The summed E-state index contributed by atoms with van der Waals surface area (Å²) >= 11 is 0. The molecular weight excluding hydrogens is 376 g/mol. The summed E-state index contributed by atoms with van der Waals surface area (Å²) in [4.78, 5) is 34.9. The number of carbonyl (C=O) groups is 1. The number of hydrogen-bond acceptors (Lipinski definition) is 4. The number of aromatic nitrogens is 2. The number of nitrogens with zero attached hydrogens (tertiary/aromatic N) is 4. The molecule has 1 saturated carbocycles. The highest BCUT2D eigenvalue weighted by Crippen LogP contribution is 2.40. The fourth-order valence-corrected chi connectivity index (χ4v) is 5.99. The van der Waals surface area contributed by atoms with E-state index in [1.54, 1.807) is 18.3 Å². The molecule has 6 heteroatoms. The van der Waals surface area contributed by atoms with E-state index in [-0.39, 0.29) is 22.4 Å². The van der Waals surface area contributed by atoms with Crippen LogP contribution in [0, 0.1) is 11.3 Å². The molecule has 6 nitrogen and oxygen atoms in total. The van der Waals surface area contributed by atoms with E-state index in [4.69, 9.17) is 0 Å². The molecule has 0 N–H and O–H groups in total. The van der Waals surface area contributed by atoms with Gasteiger partial charge >= 0.3 is 0 Å². The summed E-state index contributed by atoms with van der Waals surface area (Å²) in [6.07, 6.45) is 13.5. The third-order valence-electron chi connectivity index (χ3n) is 7.55. The highest BCUT2D eigenvalue weighted by Gasteiger charge is 2.43. The number of piperidine rings is 1. The van der Waals surface area contributed by atoms with Crippen molar-refractivity contribution >= 4 is 11.6 Å². The molecule has 4 heterocycles. The molecule has 0 radical (unpaired) electrons. The van der Waals surface area contributed by atoms with Gasteiger partial charge in [0.1, 0.15) is 11.2 Å². The minimum atomic E-state index is -0.269. The standard InChI is InChI=1S/C24H32N4O2/c29-22(20-15-25-21-9-4-5-13-28(21)23(20)30)27-14-11-24(18-27)10-6-12-26(17-24)16-19-7-2-1-3-8-19/h4-5,9,13,15,19H,1-3,6-8,10-12,14,16-18H2/t24-/m0/s1. The first kappa shape index (κ1) is 19.7. The van der Waals surface area contributed by atoms with Crippen LogP contribution in [0.4, 0.5) is 0 Å². The maximum atomic E-state index is 13.2. The Balaban J connectivity index is 1.28. The molecule has 2 aliphatic heterocycles. The van der Waals surface area contributed by atoms with Crippen molar-refractivity contribution < 1.29 is 4.79 Å². The fourth-order valence-electron chi connectivity index (χ4n) is 5.99. The normalized spacial score (nSPS) is 25.9. The first-order valence-electron chi connectivity index (χ1n) is 11.6. The summed E-state index contributed by atoms with van der Waals surface area (Å²) in [6.45, 7) is 5.03. The third-order valence-corrected chi connectivity index (χ3v) is 7.55. The Hall–Kier alpha value is -2.21. The van der Waals surface area contributed by atoms with E-state index < -0.39 is 0 Å². The van der Waals surface area contributed by atoms with E-state index >= 15 is 0 Å². The summed E-state index contributed by atoms with van der Waals surface area (Å²) in [5.41, 5.74) is 0.686. The molecule has 5 rings (SSSR count). The number of hydrogen-bond donors (Lipinski definition) is 0. The van der Waals surface area contributed by atoms with E-state index in [1.165, 1.54) is 68.6 Å². The summed E-state index contributed by atoms with van der Waals surface area (Å²) < 4.78 is 1.46. The molecule has 0 aromatic carbocycles. The zero-order chi connectivity index (χ0) is 20.6. The number of amides is 1. The third kappa shape index (κ3) is 3.78. The second-order valence-corrected chi connectivity index (χ2v) is 9.73. The largest absolute Gasteiger partial charge is 0.338 e. The summed E-state index contributed by atoms with van der Waals surface area (Å²) in [5, 5.41) is 0. The van der Waals surface area contributed by atoms with E-state index in [0.29, 0.717) is 5.65 Å². The van der Waals surface area contributed by atoms with Gasteiger partial charge in [0.05, 0.1) is 0 Å². The van der Waals surface area contributed by atoms with Crippen molar-refractivity contribution in [2.45, 2.75) is 51.4 Å². The lowest BCUT2D eigenvalue weighted by Crippen LogP contribution is -2.47. The van der Waals surface area contributed by atoms with Crippen LogP contribution in [-0.2, 0) is 0 Å². The first-order valence-corrected chi connectivity index (χ1v) is 11.6. The molecule has 0 bridgehead atoms. The topological polar surface area (TPSA) is 57.9 Å². The molecule has 1 amide bonds. The summed E-state index contributed by atoms with van der Waals surface area (Å²) in [5.74, 6) is 0.698. The number of rotatable bonds is 3. The molecule has 1 atom stereocenters. The molecule has 1 spiro atoms. The van der Waals surface area contributed by atoms with Crippen molar-refractivity contribution in [3.63, 3.8) is 0 Å². The van der Waals surface area contributed by atoms with Crippen molar-refractivity contribution in [3.05, 3.63) is 46.5 Å². The summed E-state index contributed by atoms with van der Waals surface area (Å²) in [7, 11) is 0. The summed E-state index contributed by atoms with van der Waals surface area (Å²) in [6, 6.07) is 5.41. The molecule has 2 aromatic heterocycles. The minimum Gasteiger partial charge on any atom is -0.338 e. The van der Waals surface area contributed by atoms with Crippen LogP contribution >= 0.6 is 0 Å². The van der Waals surface area contributed by atoms with Crippen molar-refractivity contribution in [1.82, 2.24) is 19.2 Å². The molecule has 1 aliphatic carbocycles. The Labute approximate surface area is 177 Å². The molecule has 30 heavy (non-hydrogen) atoms. The highest BCUT2D eigenvalue weighted by atomic mass is 16.2. The van der Waals surface area contributed by atoms with E-state index in [0.717, 1.165) is 32.0 Å². The van der Waals surface area contributed by atoms with Crippen LogP contribution < -0.4 is 5.56 Å². The Kier molecular flexibility index (Phi) is 5.35. The van der Waals surface area contributed by atoms with Gasteiger partial charge in [-0.3, -0.25) is 14.0 Å². The van der Waals surface area contributed by atoms with Gasteiger partial charge in [-0.25, -0.2) is 4.98 Å². The average Bonchev–Trinajstić information content (AvgIpc) is 3.17.